The first-order chi connectivity index (χ1) is 8.99. The van der Waals surface area contributed by atoms with Crippen LogP contribution in [-0.4, -0.2) is 6.71 Å². The molecule has 0 aliphatic carbocycles. The lowest BCUT2D eigenvalue weighted by Gasteiger charge is -2.06. The summed E-state index contributed by atoms with van der Waals surface area (Å²) in [5.74, 6) is 8.09. The minimum Gasteiger partial charge on any atom is -0.213 e. The molecule has 0 bridgehead atoms. The van der Waals surface area contributed by atoms with E-state index in [-0.39, 0.29) is 12.6 Å². The van der Waals surface area contributed by atoms with Crippen molar-refractivity contribution in [3.05, 3.63) is 35.4 Å². The molecule has 1 fully saturated rings. The van der Waals surface area contributed by atoms with Gasteiger partial charge < -0.3 is 0 Å². The summed E-state index contributed by atoms with van der Waals surface area (Å²) in [6.07, 6.45) is -1.93. The third kappa shape index (κ3) is 3.55. The molecule has 1 atom stereocenters. The van der Waals surface area contributed by atoms with Gasteiger partial charge in [0.25, 0.3) is 6.71 Å². The Morgan fingerprint density at radius 2 is 2.11 bits per heavy atom. The van der Waals surface area contributed by atoms with Gasteiger partial charge in [0, 0.05) is 17.4 Å². The molecule has 0 radical (unpaired) electrons. The zero-order valence-corrected chi connectivity index (χ0v) is 10.2. The number of rotatable bonds is 0. The molecule has 1 saturated heterocycles. The molecule has 1 aliphatic rings. The second kappa shape index (κ2) is 5.40. The normalized spacial score (nSPS) is 18.6. The monoisotopic (exact) mass is 261 g/mol. The maximum Gasteiger partial charge on any atom is 0.416 e. The minimum absolute atomic E-state index is 0.0424. The van der Waals surface area contributed by atoms with Crippen LogP contribution < -0.4 is 0 Å². The van der Waals surface area contributed by atoms with Gasteiger partial charge in [0.1, 0.15) is 0 Å². The Balaban J connectivity index is 2.11. The highest BCUT2D eigenvalue weighted by Gasteiger charge is 2.30. The van der Waals surface area contributed by atoms with Crippen LogP contribution in [0.4, 0.5) is 13.2 Å². The number of nitriles is 1. The van der Waals surface area contributed by atoms with Crippen molar-refractivity contribution < 1.29 is 13.2 Å². The van der Waals surface area contributed by atoms with Crippen molar-refractivity contribution >= 4 is 6.71 Å². The smallest absolute Gasteiger partial charge is 0.213 e. The van der Waals surface area contributed by atoms with Crippen molar-refractivity contribution in [2.24, 2.45) is 5.92 Å². The van der Waals surface area contributed by atoms with E-state index in [2.05, 4.69) is 17.8 Å². The molecule has 1 aliphatic heterocycles. The lowest BCUT2D eigenvalue weighted by molar-refractivity contribution is -0.137. The third-order valence-corrected chi connectivity index (χ3v) is 3.23. The van der Waals surface area contributed by atoms with E-state index in [0.29, 0.717) is 5.56 Å². The number of halogens is 3. The van der Waals surface area contributed by atoms with Gasteiger partial charge in [-0.15, -0.1) is 0 Å². The molecular weight excluding hydrogens is 250 g/mol. The van der Waals surface area contributed by atoms with Crippen molar-refractivity contribution in [2.75, 3.05) is 0 Å². The van der Waals surface area contributed by atoms with Crippen molar-refractivity contribution in [2.45, 2.75) is 25.2 Å². The van der Waals surface area contributed by atoms with Gasteiger partial charge in [-0.3, -0.25) is 0 Å². The Bertz CT molecular complexity index is 563. The largest absolute Gasteiger partial charge is 0.416 e. The first kappa shape index (κ1) is 13.6. The van der Waals surface area contributed by atoms with Gasteiger partial charge in [0.05, 0.1) is 5.56 Å². The molecule has 1 aromatic carbocycles. The highest BCUT2D eigenvalue weighted by atomic mass is 19.4. The third-order valence-electron chi connectivity index (χ3n) is 3.23. The Kier molecular flexibility index (Phi) is 3.86. The van der Waals surface area contributed by atoms with E-state index in [0.717, 1.165) is 31.2 Å². The topological polar surface area (TPSA) is 23.8 Å². The van der Waals surface area contributed by atoms with Gasteiger partial charge in [0.2, 0.25) is 0 Å². The minimum atomic E-state index is -4.34. The van der Waals surface area contributed by atoms with Crippen LogP contribution in [0.3, 0.4) is 0 Å². The van der Waals surface area contributed by atoms with Gasteiger partial charge in [-0.05, 0) is 30.9 Å². The second-order valence-electron chi connectivity index (χ2n) is 4.68. The molecule has 96 valence electrons. The molecule has 0 amide bonds. The summed E-state index contributed by atoms with van der Waals surface area (Å²) >= 11 is 0. The highest BCUT2D eigenvalue weighted by molar-refractivity contribution is 6.67. The molecule has 1 nitrogen and oxygen atoms in total. The zero-order chi connectivity index (χ0) is 13.9. The predicted molar refractivity (Wildman–Crippen MR) is 67.4 cm³/mol. The second-order valence-corrected chi connectivity index (χ2v) is 4.68. The number of hydrogen-bond donors (Lipinski definition) is 0. The van der Waals surface area contributed by atoms with E-state index < -0.39 is 11.7 Å². The molecule has 1 aromatic rings. The van der Waals surface area contributed by atoms with Crippen LogP contribution in [0.5, 0.6) is 0 Å². The molecule has 1 heterocycles. The number of alkyl halides is 3. The first-order valence-electron chi connectivity index (χ1n) is 6.07. The van der Waals surface area contributed by atoms with Crippen molar-refractivity contribution in [3.8, 4) is 17.8 Å². The number of benzene rings is 1. The maximum absolute atomic E-state index is 12.5. The quantitative estimate of drug-likeness (QED) is 0.516. The summed E-state index contributed by atoms with van der Waals surface area (Å²) in [7, 11) is 0. The van der Waals surface area contributed by atoms with Gasteiger partial charge >= 0.3 is 6.18 Å². The predicted octanol–water partition coefficient (Wildman–Crippen LogP) is 3.63. The summed E-state index contributed by atoms with van der Waals surface area (Å²) in [6.45, 7) is 0.0424. The van der Waals surface area contributed by atoms with Crippen molar-refractivity contribution in [1.82, 2.24) is 0 Å². The summed E-state index contributed by atoms with van der Waals surface area (Å²) in [4.78, 5) is 0. The van der Waals surface area contributed by atoms with Crippen LogP contribution in [0.2, 0.25) is 12.6 Å². The van der Waals surface area contributed by atoms with Crippen LogP contribution in [-0.2, 0) is 6.18 Å². The van der Waals surface area contributed by atoms with E-state index in [1.54, 1.807) is 6.07 Å². The lowest BCUT2D eigenvalue weighted by atomic mass is 9.50. The van der Waals surface area contributed by atoms with Gasteiger partial charge in [-0.2, -0.15) is 13.2 Å². The molecule has 19 heavy (non-hydrogen) atoms. The Morgan fingerprint density at radius 1 is 1.32 bits per heavy atom. The standard InChI is InChI=1S/C14H11BF3N/c16-14(17,18)13-3-1-2-11(8-13)4-5-12-6-7-15(9-12)10-19/h1-3,8,12H,6-7,9H2. The molecule has 1 unspecified atom stereocenters. The van der Waals surface area contributed by atoms with Crippen molar-refractivity contribution in [3.63, 3.8) is 0 Å². The van der Waals surface area contributed by atoms with E-state index in [9.17, 15) is 13.2 Å². The zero-order valence-electron chi connectivity index (χ0n) is 10.2. The van der Waals surface area contributed by atoms with Crippen LogP contribution >= 0.6 is 0 Å². The summed E-state index contributed by atoms with van der Waals surface area (Å²) < 4.78 is 37.6. The Labute approximate surface area is 110 Å². The van der Waals surface area contributed by atoms with E-state index >= 15 is 0 Å². The van der Waals surface area contributed by atoms with Gasteiger partial charge in [-0.25, -0.2) is 5.26 Å². The molecule has 0 N–H and O–H groups in total. The fourth-order valence-corrected chi connectivity index (χ4v) is 2.19. The SMILES string of the molecule is N#CB1CCC(C#Cc2cccc(C(F)(F)F)c2)C1. The van der Waals surface area contributed by atoms with E-state index in [1.807, 2.05) is 0 Å². The van der Waals surface area contributed by atoms with Crippen LogP contribution in [0.25, 0.3) is 0 Å². The van der Waals surface area contributed by atoms with Crippen molar-refractivity contribution in [1.29, 1.82) is 5.26 Å². The van der Waals surface area contributed by atoms with E-state index in [4.69, 9.17) is 5.26 Å². The first-order valence-corrected chi connectivity index (χ1v) is 6.07. The Morgan fingerprint density at radius 3 is 2.74 bits per heavy atom. The van der Waals surface area contributed by atoms with Crippen LogP contribution in [0.15, 0.2) is 24.3 Å². The molecule has 0 aromatic heterocycles. The molecule has 2 rings (SSSR count). The fraction of sp³-hybridized carbons (Fsp3) is 0.357. The van der Waals surface area contributed by atoms with E-state index in [1.165, 1.54) is 6.07 Å². The molecular formula is C14H11BF3N. The average Bonchev–Trinajstić information content (AvgIpc) is 2.84. The maximum atomic E-state index is 12.5. The fourth-order valence-electron chi connectivity index (χ4n) is 2.19. The molecule has 0 saturated carbocycles. The highest BCUT2D eigenvalue weighted by Crippen LogP contribution is 2.29. The molecule has 5 heteroatoms. The lowest BCUT2D eigenvalue weighted by Crippen LogP contribution is -2.04. The average molecular weight is 261 g/mol. The van der Waals surface area contributed by atoms with Crippen LogP contribution in [0.1, 0.15) is 17.5 Å². The van der Waals surface area contributed by atoms with Gasteiger partial charge in [0.15, 0.2) is 0 Å². The van der Waals surface area contributed by atoms with Crippen LogP contribution in [0, 0.1) is 29.0 Å². The molecule has 0 spiro atoms. The summed E-state index contributed by atoms with van der Waals surface area (Å²) in [5.41, 5.74) is -0.309. The summed E-state index contributed by atoms with van der Waals surface area (Å²) in [6, 6.07) is 5.02. The number of hydrogen-bond acceptors (Lipinski definition) is 1. The van der Waals surface area contributed by atoms with Gasteiger partial charge in [-0.1, -0.05) is 24.2 Å². The number of nitrogens with zero attached hydrogens (tertiary/aromatic N) is 1. The Hall–Kier alpha value is -1.88. The summed E-state index contributed by atoms with van der Waals surface area (Å²) in [5, 5.41) is 8.77.